The van der Waals surface area contributed by atoms with E-state index in [1.54, 1.807) is 31.2 Å². The van der Waals surface area contributed by atoms with Crippen molar-refractivity contribution in [3.05, 3.63) is 53.7 Å². The van der Waals surface area contributed by atoms with Gasteiger partial charge in [-0.2, -0.15) is 0 Å². The fourth-order valence-corrected chi connectivity index (χ4v) is 4.56. The van der Waals surface area contributed by atoms with E-state index in [1.165, 1.54) is 18.2 Å². The molecule has 0 saturated carbocycles. The number of carboxylic acids is 2. The maximum Gasteiger partial charge on any atom is 0.326 e. The van der Waals surface area contributed by atoms with Crippen LogP contribution >= 0.6 is 0 Å². The van der Waals surface area contributed by atoms with Crippen molar-refractivity contribution in [1.29, 1.82) is 0 Å². The summed E-state index contributed by atoms with van der Waals surface area (Å²) in [7, 11) is 0. The molecule has 0 aliphatic heterocycles. The molecule has 3 atom stereocenters. The zero-order valence-electron chi connectivity index (χ0n) is 24.7. The third-order valence-corrected chi connectivity index (χ3v) is 6.97. The first-order chi connectivity index (χ1) is 21.0. The van der Waals surface area contributed by atoms with Crippen LogP contribution in [0, 0.1) is 5.92 Å². The fraction of sp³-hybridized carbons (Fsp3) is 0.433. The van der Waals surface area contributed by atoms with E-state index in [-0.39, 0.29) is 30.8 Å². The van der Waals surface area contributed by atoms with Crippen LogP contribution in [0.25, 0.3) is 11.3 Å². The zero-order valence-corrected chi connectivity index (χ0v) is 24.7. The molecule has 0 radical (unpaired) electrons. The van der Waals surface area contributed by atoms with Crippen molar-refractivity contribution in [1.82, 2.24) is 26.0 Å². The minimum Gasteiger partial charge on any atom is -0.481 e. The quantitative estimate of drug-likeness (QED) is 0.0447. The third-order valence-electron chi connectivity index (χ3n) is 6.97. The monoisotopic (exact) mass is 613 g/mol. The number of aromatic nitrogens is 1. The van der Waals surface area contributed by atoms with E-state index in [0.29, 0.717) is 29.2 Å². The van der Waals surface area contributed by atoms with E-state index in [0.717, 1.165) is 19.3 Å². The second-order valence-corrected chi connectivity index (χ2v) is 10.1. The highest BCUT2D eigenvalue weighted by Gasteiger charge is 2.30. The van der Waals surface area contributed by atoms with Crippen LogP contribution in [0.2, 0.25) is 0 Å². The van der Waals surface area contributed by atoms with Crippen molar-refractivity contribution in [2.75, 3.05) is 6.67 Å². The average molecular weight is 614 g/mol. The average Bonchev–Trinajstić information content (AvgIpc) is 3.02. The van der Waals surface area contributed by atoms with E-state index < -0.39 is 54.1 Å². The molecule has 0 aliphatic rings. The summed E-state index contributed by atoms with van der Waals surface area (Å²) in [5.74, 6) is -4.84. The molecule has 0 saturated heterocycles. The number of aliphatic carboxylic acids is 2. The lowest BCUT2D eigenvalue weighted by Crippen LogP contribution is -2.47. The maximum atomic E-state index is 12.9. The summed E-state index contributed by atoms with van der Waals surface area (Å²) in [6, 6.07) is 8.72. The van der Waals surface area contributed by atoms with Crippen molar-refractivity contribution in [3.63, 3.8) is 0 Å². The van der Waals surface area contributed by atoms with Crippen molar-refractivity contribution < 1.29 is 44.2 Å². The van der Waals surface area contributed by atoms with Crippen LogP contribution in [0.15, 0.2) is 42.5 Å². The highest BCUT2D eigenvalue weighted by atomic mass is 16.5. The summed E-state index contributed by atoms with van der Waals surface area (Å²) in [6.45, 7) is 3.58. The highest BCUT2D eigenvalue weighted by Crippen LogP contribution is 2.21. The lowest BCUT2D eigenvalue weighted by molar-refractivity contribution is -0.168. The van der Waals surface area contributed by atoms with Gasteiger partial charge in [0.15, 0.2) is 0 Å². The van der Waals surface area contributed by atoms with Gasteiger partial charge in [-0.25, -0.2) is 14.8 Å². The van der Waals surface area contributed by atoms with Crippen LogP contribution in [0.5, 0.6) is 0 Å². The molecule has 2 rings (SSSR count). The van der Waals surface area contributed by atoms with Gasteiger partial charge in [0.2, 0.25) is 12.3 Å². The topological polar surface area (TPSA) is 215 Å². The predicted molar refractivity (Wildman–Crippen MR) is 157 cm³/mol. The van der Waals surface area contributed by atoms with Gasteiger partial charge in [0.1, 0.15) is 11.7 Å². The normalized spacial score (nSPS) is 12.7. The van der Waals surface area contributed by atoms with Gasteiger partial charge in [-0.15, -0.1) is 0 Å². The van der Waals surface area contributed by atoms with Gasteiger partial charge in [-0.05, 0) is 43.5 Å². The number of unbranched alkanes of at least 4 members (excludes halogenated alkanes) is 2. The van der Waals surface area contributed by atoms with Crippen LogP contribution in [0.1, 0.15) is 79.6 Å². The summed E-state index contributed by atoms with van der Waals surface area (Å²) in [5.41, 5.74) is 1.19. The number of hydroxylamine groups is 2. The standard InChI is InChI=1S/C30H39N5O9/c1-3-5-6-8-21(25(4-2)35(44)18-36)28(40)31-17-32-29(41)23-10-7-9-22(33-23)19-11-13-20(14-12-19)27(39)34-24(30(42)43)15-16-26(37)38/h7,9-14,18,21,24-25,44H,3-6,8,15-17H2,1-2H3,(H,31,40)(H,32,41)(H,34,39)(H,37,38)(H,42,43)/t21-,24+,25-/m1/s1. The highest BCUT2D eigenvalue weighted by molar-refractivity contribution is 5.97. The number of pyridine rings is 1. The number of carbonyl (C=O) groups is 6. The van der Waals surface area contributed by atoms with Crippen LogP contribution in [-0.2, 0) is 19.2 Å². The van der Waals surface area contributed by atoms with Gasteiger partial charge in [-0.1, -0.05) is 51.3 Å². The summed E-state index contributed by atoms with van der Waals surface area (Å²) < 4.78 is 0. The van der Waals surface area contributed by atoms with Gasteiger partial charge >= 0.3 is 11.9 Å². The number of rotatable bonds is 19. The predicted octanol–water partition coefficient (Wildman–Crippen LogP) is 2.42. The summed E-state index contributed by atoms with van der Waals surface area (Å²) in [6.07, 6.45) is 2.99. The van der Waals surface area contributed by atoms with Gasteiger partial charge in [0.25, 0.3) is 11.8 Å². The molecule has 2 aromatic rings. The molecule has 44 heavy (non-hydrogen) atoms. The molecule has 14 nitrogen and oxygen atoms in total. The first kappa shape index (κ1) is 35.3. The Morgan fingerprint density at radius 2 is 1.64 bits per heavy atom. The van der Waals surface area contributed by atoms with Crippen molar-refractivity contribution in [3.8, 4) is 11.3 Å². The second-order valence-electron chi connectivity index (χ2n) is 10.1. The molecular weight excluding hydrogens is 574 g/mol. The van der Waals surface area contributed by atoms with E-state index in [1.807, 2.05) is 6.92 Å². The van der Waals surface area contributed by atoms with Crippen LogP contribution in [0.4, 0.5) is 0 Å². The molecule has 1 aromatic carbocycles. The van der Waals surface area contributed by atoms with E-state index in [2.05, 4.69) is 20.9 Å². The molecule has 0 spiro atoms. The number of hydrogen-bond donors (Lipinski definition) is 6. The van der Waals surface area contributed by atoms with Crippen molar-refractivity contribution >= 4 is 36.1 Å². The number of nitrogens with one attached hydrogen (secondary N) is 3. The Balaban J connectivity index is 2.03. The molecule has 0 bridgehead atoms. The Bertz CT molecular complexity index is 1300. The Kier molecular flexibility index (Phi) is 14.4. The number of amides is 4. The largest absolute Gasteiger partial charge is 0.481 e. The Hall–Kier alpha value is -4.85. The Morgan fingerprint density at radius 1 is 0.932 bits per heavy atom. The van der Waals surface area contributed by atoms with Crippen LogP contribution < -0.4 is 16.0 Å². The first-order valence-corrected chi connectivity index (χ1v) is 14.3. The third kappa shape index (κ3) is 10.8. The lowest BCUT2D eigenvalue weighted by Gasteiger charge is -2.29. The first-order valence-electron chi connectivity index (χ1n) is 14.3. The fourth-order valence-electron chi connectivity index (χ4n) is 4.56. The van der Waals surface area contributed by atoms with Crippen molar-refractivity contribution in [2.45, 2.75) is 70.9 Å². The van der Waals surface area contributed by atoms with E-state index in [4.69, 9.17) is 5.11 Å². The number of nitrogens with zero attached hydrogens (tertiary/aromatic N) is 2. The van der Waals surface area contributed by atoms with E-state index in [9.17, 15) is 39.1 Å². The minimum absolute atomic E-state index is 0.0646. The Labute approximate surface area is 254 Å². The summed E-state index contributed by atoms with van der Waals surface area (Å²) in [5, 5.41) is 36.0. The van der Waals surface area contributed by atoms with Gasteiger partial charge in [-0.3, -0.25) is 29.2 Å². The van der Waals surface area contributed by atoms with Crippen molar-refractivity contribution in [2.24, 2.45) is 5.92 Å². The summed E-state index contributed by atoms with van der Waals surface area (Å²) >= 11 is 0. The molecule has 6 N–H and O–H groups in total. The number of benzene rings is 1. The van der Waals surface area contributed by atoms with Crippen LogP contribution in [-0.4, -0.2) is 80.3 Å². The number of carbonyl (C=O) groups excluding carboxylic acids is 4. The smallest absolute Gasteiger partial charge is 0.326 e. The number of hydrogen-bond acceptors (Lipinski definition) is 8. The lowest BCUT2D eigenvalue weighted by atomic mass is 9.90. The van der Waals surface area contributed by atoms with Gasteiger partial charge < -0.3 is 26.2 Å². The summed E-state index contributed by atoms with van der Waals surface area (Å²) in [4.78, 5) is 75.8. The Morgan fingerprint density at radius 3 is 2.23 bits per heavy atom. The zero-order chi connectivity index (χ0) is 32.6. The molecule has 0 aliphatic carbocycles. The van der Waals surface area contributed by atoms with Gasteiger partial charge in [0.05, 0.1) is 24.3 Å². The molecule has 0 unspecified atom stereocenters. The SMILES string of the molecule is CCCCC[C@@H](C(=O)NCNC(=O)c1cccc(-c2ccc(C(=O)N[C@@H](CCC(=O)O)C(=O)O)cc2)n1)[C@@H](CC)N(O)C=O. The molecule has 4 amide bonds. The molecule has 1 heterocycles. The molecular formula is C30H39N5O9. The minimum atomic E-state index is -1.36. The molecule has 238 valence electrons. The molecule has 1 aromatic heterocycles. The molecule has 0 fully saturated rings. The maximum absolute atomic E-state index is 12.9. The van der Waals surface area contributed by atoms with Crippen LogP contribution in [0.3, 0.4) is 0 Å². The van der Waals surface area contributed by atoms with Gasteiger partial charge in [0, 0.05) is 17.5 Å². The number of carboxylic acid groups (broad SMARTS) is 2. The second kappa shape index (κ2) is 18.0. The van der Waals surface area contributed by atoms with E-state index >= 15 is 0 Å². The molecule has 14 heteroatoms.